The number of hydrogen-bond acceptors (Lipinski definition) is 6. The fraction of sp³-hybridized carbons (Fsp3) is 0.250. The first-order valence-electron chi connectivity index (χ1n) is 5.72. The van der Waals surface area contributed by atoms with E-state index in [1.165, 1.54) is 28.7 Å². The van der Waals surface area contributed by atoms with Crippen LogP contribution < -0.4 is 11.1 Å². The first-order valence-corrected chi connectivity index (χ1v) is 7.42. The van der Waals surface area contributed by atoms with E-state index < -0.39 is 0 Å². The predicted octanol–water partition coefficient (Wildman–Crippen LogP) is 2.12. The van der Waals surface area contributed by atoms with Crippen molar-refractivity contribution >= 4 is 34.1 Å². The number of anilines is 1. The second-order valence-corrected chi connectivity index (χ2v) is 6.44. The number of carbonyl (C=O) groups excluding carboxylic acids is 1. The van der Waals surface area contributed by atoms with Gasteiger partial charge in [0.2, 0.25) is 11.0 Å². The minimum Gasteiger partial charge on any atom is -0.369 e. The average Bonchev–Trinajstić information content (AvgIpc) is 2.85. The van der Waals surface area contributed by atoms with Gasteiger partial charge in [-0.2, -0.15) is 0 Å². The summed E-state index contributed by atoms with van der Waals surface area (Å²) in [7, 11) is 0. The van der Waals surface area contributed by atoms with Gasteiger partial charge in [-0.25, -0.2) is 0 Å². The standard InChI is InChI=1S/C12H14N4OS2/c1-8(10(13)17)18-12-16-15-11(19-12)14-7-9-5-3-2-4-6-9/h2-6,8H,7H2,1H3,(H2,13,17)(H,14,15)/t8-/m1/s1. The Labute approximate surface area is 119 Å². The minimum absolute atomic E-state index is 0.296. The van der Waals surface area contributed by atoms with E-state index in [1.807, 2.05) is 30.3 Å². The van der Waals surface area contributed by atoms with Crippen LogP contribution in [0.15, 0.2) is 34.7 Å². The van der Waals surface area contributed by atoms with E-state index in [1.54, 1.807) is 6.92 Å². The van der Waals surface area contributed by atoms with Crippen LogP contribution in [0.3, 0.4) is 0 Å². The Bertz CT molecular complexity index is 544. The number of benzene rings is 1. The Balaban J connectivity index is 1.89. The molecule has 0 aliphatic heterocycles. The van der Waals surface area contributed by atoms with Crippen molar-refractivity contribution < 1.29 is 4.79 Å². The van der Waals surface area contributed by atoms with Gasteiger partial charge in [-0.1, -0.05) is 53.4 Å². The zero-order valence-corrected chi connectivity index (χ0v) is 12.0. The van der Waals surface area contributed by atoms with Crippen molar-refractivity contribution in [3.05, 3.63) is 35.9 Å². The van der Waals surface area contributed by atoms with Crippen molar-refractivity contribution in [2.45, 2.75) is 23.1 Å². The highest BCUT2D eigenvalue weighted by Crippen LogP contribution is 2.28. The molecule has 0 aliphatic carbocycles. The van der Waals surface area contributed by atoms with E-state index in [4.69, 9.17) is 5.73 Å². The Morgan fingerprint density at radius 3 is 2.84 bits per heavy atom. The molecule has 0 radical (unpaired) electrons. The number of thioether (sulfide) groups is 1. The number of aromatic nitrogens is 2. The largest absolute Gasteiger partial charge is 0.369 e. The summed E-state index contributed by atoms with van der Waals surface area (Å²) in [5, 5.41) is 11.7. The van der Waals surface area contributed by atoms with Crippen molar-refractivity contribution in [3.63, 3.8) is 0 Å². The number of nitrogens with one attached hydrogen (secondary N) is 1. The molecule has 3 N–H and O–H groups in total. The Hall–Kier alpha value is -1.60. The first-order chi connectivity index (χ1) is 9.15. The van der Waals surface area contributed by atoms with Crippen molar-refractivity contribution in [1.82, 2.24) is 10.2 Å². The third-order valence-corrected chi connectivity index (χ3v) is 4.45. The van der Waals surface area contributed by atoms with E-state index in [-0.39, 0.29) is 11.2 Å². The molecule has 0 spiro atoms. The molecule has 2 rings (SSSR count). The Morgan fingerprint density at radius 2 is 2.16 bits per heavy atom. The maximum absolute atomic E-state index is 11.0. The zero-order chi connectivity index (χ0) is 13.7. The van der Waals surface area contributed by atoms with Crippen LogP contribution in [-0.4, -0.2) is 21.4 Å². The van der Waals surface area contributed by atoms with Crippen molar-refractivity contribution in [2.24, 2.45) is 5.73 Å². The topological polar surface area (TPSA) is 80.9 Å². The molecule has 0 saturated heterocycles. The SMILES string of the molecule is C[C@@H](Sc1nnc(NCc2ccccc2)s1)C(N)=O. The summed E-state index contributed by atoms with van der Waals surface area (Å²) >= 11 is 2.74. The molecule has 1 amide bonds. The van der Waals surface area contributed by atoms with Gasteiger partial charge in [-0.15, -0.1) is 10.2 Å². The monoisotopic (exact) mass is 294 g/mol. The molecule has 0 bridgehead atoms. The smallest absolute Gasteiger partial charge is 0.230 e. The van der Waals surface area contributed by atoms with Crippen LogP contribution in [0.2, 0.25) is 0 Å². The van der Waals surface area contributed by atoms with Gasteiger partial charge < -0.3 is 11.1 Å². The van der Waals surface area contributed by atoms with Crippen LogP contribution in [0.4, 0.5) is 5.13 Å². The fourth-order valence-corrected chi connectivity index (χ4v) is 3.15. The fourth-order valence-electron chi connectivity index (χ4n) is 1.31. The van der Waals surface area contributed by atoms with Gasteiger partial charge >= 0.3 is 0 Å². The van der Waals surface area contributed by atoms with Gasteiger partial charge in [0.1, 0.15) is 0 Å². The number of hydrogen-bond donors (Lipinski definition) is 2. The summed E-state index contributed by atoms with van der Waals surface area (Å²) in [6, 6.07) is 10.0. The Kier molecular flexibility index (Phi) is 4.75. The molecule has 100 valence electrons. The highest BCUT2D eigenvalue weighted by Gasteiger charge is 2.13. The molecule has 1 aromatic carbocycles. The molecule has 1 aromatic heterocycles. The minimum atomic E-state index is -0.348. The molecule has 0 saturated carbocycles. The van der Waals surface area contributed by atoms with Crippen LogP contribution in [0.25, 0.3) is 0 Å². The van der Waals surface area contributed by atoms with Gasteiger partial charge in [0.15, 0.2) is 4.34 Å². The summed E-state index contributed by atoms with van der Waals surface area (Å²) in [6.45, 7) is 2.46. The molecule has 2 aromatic rings. The summed E-state index contributed by atoms with van der Waals surface area (Å²) in [5.74, 6) is -0.348. The summed E-state index contributed by atoms with van der Waals surface area (Å²) < 4.78 is 0.738. The van der Waals surface area contributed by atoms with Gasteiger partial charge in [0.25, 0.3) is 0 Å². The van der Waals surface area contributed by atoms with Crippen LogP contribution >= 0.6 is 23.1 Å². The van der Waals surface area contributed by atoms with Crippen LogP contribution in [-0.2, 0) is 11.3 Å². The lowest BCUT2D eigenvalue weighted by Gasteiger charge is -2.02. The van der Waals surface area contributed by atoms with Crippen LogP contribution in [0.5, 0.6) is 0 Å². The average molecular weight is 294 g/mol. The van der Waals surface area contributed by atoms with Gasteiger partial charge in [-0.05, 0) is 12.5 Å². The molecule has 19 heavy (non-hydrogen) atoms. The van der Waals surface area contributed by atoms with E-state index in [0.29, 0.717) is 6.54 Å². The lowest BCUT2D eigenvalue weighted by atomic mass is 10.2. The summed E-state index contributed by atoms with van der Waals surface area (Å²) in [6.07, 6.45) is 0. The van der Waals surface area contributed by atoms with Crippen molar-refractivity contribution in [1.29, 1.82) is 0 Å². The number of rotatable bonds is 6. The second-order valence-electron chi connectivity index (χ2n) is 3.87. The van der Waals surface area contributed by atoms with Crippen LogP contribution in [0, 0.1) is 0 Å². The lowest BCUT2D eigenvalue weighted by molar-refractivity contribution is -0.117. The van der Waals surface area contributed by atoms with E-state index in [2.05, 4.69) is 15.5 Å². The second kappa shape index (κ2) is 6.53. The van der Waals surface area contributed by atoms with E-state index in [0.717, 1.165) is 9.47 Å². The van der Waals surface area contributed by atoms with E-state index in [9.17, 15) is 4.79 Å². The number of nitrogens with zero attached hydrogens (tertiary/aromatic N) is 2. The van der Waals surface area contributed by atoms with Gasteiger partial charge in [0, 0.05) is 6.54 Å². The molecule has 1 atom stereocenters. The highest BCUT2D eigenvalue weighted by molar-refractivity contribution is 8.02. The molecule has 5 nitrogen and oxygen atoms in total. The molecule has 0 unspecified atom stereocenters. The van der Waals surface area contributed by atoms with Gasteiger partial charge in [-0.3, -0.25) is 4.79 Å². The number of primary amides is 1. The van der Waals surface area contributed by atoms with Crippen LogP contribution in [0.1, 0.15) is 12.5 Å². The predicted molar refractivity (Wildman–Crippen MR) is 78.2 cm³/mol. The summed E-state index contributed by atoms with van der Waals surface area (Å²) in [4.78, 5) is 11.0. The highest BCUT2D eigenvalue weighted by atomic mass is 32.2. The summed E-state index contributed by atoms with van der Waals surface area (Å²) in [5.41, 5.74) is 6.38. The third kappa shape index (κ3) is 4.22. The maximum Gasteiger partial charge on any atom is 0.230 e. The maximum atomic E-state index is 11.0. The molecular weight excluding hydrogens is 280 g/mol. The Morgan fingerprint density at radius 1 is 1.42 bits per heavy atom. The molecule has 0 fully saturated rings. The lowest BCUT2D eigenvalue weighted by Crippen LogP contribution is -2.22. The quantitative estimate of drug-likeness (QED) is 0.798. The normalized spacial score (nSPS) is 12.1. The van der Waals surface area contributed by atoms with Gasteiger partial charge in [0.05, 0.1) is 5.25 Å². The van der Waals surface area contributed by atoms with E-state index >= 15 is 0 Å². The van der Waals surface area contributed by atoms with Crippen molar-refractivity contribution in [2.75, 3.05) is 5.32 Å². The number of amides is 1. The molecule has 0 aliphatic rings. The molecular formula is C12H14N4OS2. The number of carbonyl (C=O) groups is 1. The molecule has 7 heteroatoms. The first kappa shape index (κ1) is 13.8. The third-order valence-electron chi connectivity index (χ3n) is 2.37. The number of nitrogens with two attached hydrogens (primary N) is 1. The zero-order valence-electron chi connectivity index (χ0n) is 10.4. The molecule has 1 heterocycles. The van der Waals surface area contributed by atoms with Crippen molar-refractivity contribution in [3.8, 4) is 0 Å².